The first-order valence-corrected chi connectivity index (χ1v) is 14.0. The number of hydrogen-bond acceptors (Lipinski definition) is 0. The zero-order chi connectivity index (χ0) is 13.9. The quantitative estimate of drug-likeness (QED) is 0.435. The van der Waals surface area contributed by atoms with Crippen molar-refractivity contribution >= 4 is 26.3 Å². The molecule has 0 spiro atoms. The summed E-state index contributed by atoms with van der Waals surface area (Å²) in [5.41, 5.74) is 3.00. The second kappa shape index (κ2) is 10.2. The normalized spacial score (nSPS) is 10.6. The van der Waals surface area contributed by atoms with E-state index in [0.717, 1.165) is 26.3 Å². The van der Waals surface area contributed by atoms with E-state index in [9.17, 15) is 0 Å². The van der Waals surface area contributed by atoms with Crippen LogP contribution in [0.5, 0.6) is 0 Å². The topological polar surface area (TPSA) is 0 Å². The molecule has 0 N–H and O–H groups in total. The Kier molecular flexibility index (Phi) is 8.12. The first-order valence-electron chi connectivity index (χ1n) is 7.27. The van der Waals surface area contributed by atoms with E-state index in [1.54, 1.807) is 0 Å². The molecule has 0 bridgehead atoms. The number of aryl methyl sites for hydroxylation is 2. The third-order valence-electron chi connectivity index (χ3n) is 3.16. The predicted octanol–water partition coefficient (Wildman–Crippen LogP) is 4.41. The molecular weight excluding hydrogens is 374 g/mol. The van der Waals surface area contributed by atoms with E-state index >= 15 is 0 Å². The molecule has 0 saturated heterocycles. The minimum absolute atomic E-state index is 0.915. The standard InChI is InChI=1S/C18H22Se2/c1-3-9-17(10-4-1)13-7-15-19-20-16-8-14-18-11-5-2-6-12-18/h1-6,9-12H,7-8,13-16H2. The number of hydrogen-bond donors (Lipinski definition) is 0. The molecule has 0 aliphatic carbocycles. The summed E-state index contributed by atoms with van der Waals surface area (Å²) in [4.78, 5) is 0. The Morgan fingerprint density at radius 1 is 0.550 bits per heavy atom. The van der Waals surface area contributed by atoms with Crippen molar-refractivity contribution in [3.8, 4) is 0 Å². The van der Waals surface area contributed by atoms with E-state index in [-0.39, 0.29) is 0 Å². The van der Waals surface area contributed by atoms with Crippen molar-refractivity contribution in [2.45, 2.75) is 36.3 Å². The van der Waals surface area contributed by atoms with E-state index < -0.39 is 0 Å². The van der Waals surface area contributed by atoms with Crippen LogP contribution in [-0.4, -0.2) is 26.3 Å². The molecule has 0 heterocycles. The Labute approximate surface area is 134 Å². The molecular formula is C18H22Se2. The molecule has 0 amide bonds. The Bertz CT molecular complexity index is 408. The van der Waals surface area contributed by atoms with Gasteiger partial charge in [0, 0.05) is 0 Å². The van der Waals surface area contributed by atoms with Gasteiger partial charge in [0.2, 0.25) is 0 Å². The first-order chi connectivity index (χ1) is 9.95. The van der Waals surface area contributed by atoms with Crippen molar-refractivity contribution in [1.82, 2.24) is 0 Å². The molecule has 2 aromatic rings. The van der Waals surface area contributed by atoms with Gasteiger partial charge in [-0.05, 0) is 0 Å². The second-order valence-electron chi connectivity index (χ2n) is 4.82. The van der Waals surface area contributed by atoms with E-state index in [2.05, 4.69) is 60.7 Å². The predicted molar refractivity (Wildman–Crippen MR) is 90.6 cm³/mol. The molecule has 0 aromatic heterocycles. The molecule has 0 radical (unpaired) electrons. The van der Waals surface area contributed by atoms with Gasteiger partial charge in [-0.2, -0.15) is 0 Å². The van der Waals surface area contributed by atoms with Crippen LogP contribution in [0.25, 0.3) is 0 Å². The summed E-state index contributed by atoms with van der Waals surface area (Å²) in [6.45, 7) is 0. The van der Waals surface area contributed by atoms with E-state index in [1.807, 2.05) is 0 Å². The van der Waals surface area contributed by atoms with E-state index in [4.69, 9.17) is 0 Å². The van der Waals surface area contributed by atoms with Crippen LogP contribution in [0.15, 0.2) is 60.7 Å². The van der Waals surface area contributed by atoms with Crippen molar-refractivity contribution in [3.63, 3.8) is 0 Å². The average Bonchev–Trinajstić information content (AvgIpc) is 2.52. The Hall–Kier alpha value is -0.521. The number of rotatable bonds is 9. The Balaban J connectivity index is 1.44. The summed E-state index contributed by atoms with van der Waals surface area (Å²) >= 11 is 1.83. The first kappa shape index (κ1) is 15.9. The van der Waals surface area contributed by atoms with Crippen molar-refractivity contribution in [2.24, 2.45) is 0 Å². The van der Waals surface area contributed by atoms with Gasteiger partial charge in [0.05, 0.1) is 0 Å². The molecule has 106 valence electrons. The maximum atomic E-state index is 2.25. The van der Waals surface area contributed by atoms with Gasteiger partial charge in [-0.1, -0.05) is 0 Å². The molecule has 20 heavy (non-hydrogen) atoms. The second-order valence-corrected chi connectivity index (χ2v) is 12.7. The van der Waals surface area contributed by atoms with E-state index in [1.165, 1.54) is 47.4 Å². The van der Waals surface area contributed by atoms with Crippen LogP contribution in [0.2, 0.25) is 10.6 Å². The molecule has 2 aromatic carbocycles. The van der Waals surface area contributed by atoms with Crippen LogP contribution in [0.1, 0.15) is 24.0 Å². The van der Waals surface area contributed by atoms with Gasteiger partial charge < -0.3 is 0 Å². The van der Waals surface area contributed by atoms with Crippen LogP contribution < -0.4 is 0 Å². The van der Waals surface area contributed by atoms with Crippen LogP contribution in [0, 0.1) is 0 Å². The zero-order valence-electron chi connectivity index (χ0n) is 11.8. The van der Waals surface area contributed by atoms with Gasteiger partial charge in [0.25, 0.3) is 0 Å². The van der Waals surface area contributed by atoms with Crippen molar-refractivity contribution in [2.75, 3.05) is 0 Å². The van der Waals surface area contributed by atoms with Gasteiger partial charge in [-0.15, -0.1) is 0 Å². The monoisotopic (exact) mass is 398 g/mol. The summed E-state index contributed by atoms with van der Waals surface area (Å²) in [6.07, 6.45) is 5.29. The Morgan fingerprint density at radius 2 is 0.950 bits per heavy atom. The summed E-state index contributed by atoms with van der Waals surface area (Å²) in [5.74, 6) is 0. The van der Waals surface area contributed by atoms with Crippen LogP contribution in [0.4, 0.5) is 0 Å². The average molecular weight is 396 g/mol. The minimum atomic E-state index is 0.915. The fraction of sp³-hybridized carbons (Fsp3) is 0.333. The van der Waals surface area contributed by atoms with Gasteiger partial charge in [0.1, 0.15) is 0 Å². The molecule has 0 atom stereocenters. The zero-order valence-corrected chi connectivity index (χ0v) is 15.3. The molecule has 0 aliphatic heterocycles. The molecule has 0 unspecified atom stereocenters. The fourth-order valence-electron chi connectivity index (χ4n) is 2.08. The van der Waals surface area contributed by atoms with Crippen molar-refractivity contribution in [1.29, 1.82) is 0 Å². The van der Waals surface area contributed by atoms with Crippen molar-refractivity contribution in [3.05, 3.63) is 71.8 Å². The van der Waals surface area contributed by atoms with Gasteiger partial charge in [0.15, 0.2) is 0 Å². The summed E-state index contributed by atoms with van der Waals surface area (Å²) in [7, 11) is 0. The molecule has 2 rings (SSSR count). The van der Waals surface area contributed by atoms with Crippen LogP contribution >= 0.6 is 0 Å². The van der Waals surface area contributed by atoms with Crippen molar-refractivity contribution < 1.29 is 0 Å². The SMILES string of the molecule is c1ccc(CCC[Se][Se]CCCc2ccccc2)cc1. The number of benzene rings is 2. The van der Waals surface area contributed by atoms with Gasteiger partial charge >= 0.3 is 134 Å². The summed E-state index contributed by atoms with van der Waals surface area (Å²) < 4.78 is 0. The molecule has 0 fully saturated rings. The molecule has 0 nitrogen and oxygen atoms in total. The molecule has 0 aliphatic rings. The van der Waals surface area contributed by atoms with Gasteiger partial charge in [-0.25, -0.2) is 0 Å². The van der Waals surface area contributed by atoms with Crippen LogP contribution in [-0.2, 0) is 12.8 Å². The maximum absolute atomic E-state index is 2.25. The van der Waals surface area contributed by atoms with E-state index in [0.29, 0.717) is 0 Å². The molecule has 0 saturated carbocycles. The summed E-state index contributed by atoms with van der Waals surface area (Å²) in [5, 5.41) is 2.93. The molecule has 2 heteroatoms. The van der Waals surface area contributed by atoms with Gasteiger partial charge in [-0.3, -0.25) is 0 Å². The fourth-order valence-corrected chi connectivity index (χ4v) is 8.81. The Morgan fingerprint density at radius 3 is 1.35 bits per heavy atom. The summed E-state index contributed by atoms with van der Waals surface area (Å²) in [6, 6.07) is 21.8. The van der Waals surface area contributed by atoms with Crippen LogP contribution in [0.3, 0.4) is 0 Å². The third kappa shape index (κ3) is 6.77. The third-order valence-corrected chi connectivity index (χ3v) is 10.9.